The zero-order valence-electron chi connectivity index (χ0n) is 14.1. The molecule has 2 aromatic rings. The van der Waals surface area contributed by atoms with Crippen molar-refractivity contribution in [3.8, 4) is 11.5 Å². The third-order valence-electron chi connectivity index (χ3n) is 5.14. The molecule has 1 amide bonds. The Balaban J connectivity index is 1.53. The van der Waals surface area contributed by atoms with Crippen molar-refractivity contribution in [2.75, 3.05) is 26.2 Å². The third kappa shape index (κ3) is 2.84. The Labute approximate surface area is 142 Å². The molecular formula is C19H23N3O2. The average Bonchev–Trinajstić information content (AvgIpc) is 3.03. The van der Waals surface area contributed by atoms with Gasteiger partial charge >= 0.3 is 0 Å². The van der Waals surface area contributed by atoms with Gasteiger partial charge < -0.3 is 9.32 Å². The van der Waals surface area contributed by atoms with Gasteiger partial charge in [0.05, 0.1) is 0 Å². The molecule has 0 bridgehead atoms. The van der Waals surface area contributed by atoms with E-state index in [-0.39, 0.29) is 5.91 Å². The smallest absolute Gasteiger partial charge is 0.276 e. The number of hydrogen-bond acceptors (Lipinski definition) is 4. The molecular weight excluding hydrogens is 302 g/mol. The SMILES string of the molecule is Cc1oc(-c2ccccc2)nc1C(=O)N1CCN2CCCCC2C1. The van der Waals surface area contributed by atoms with E-state index in [9.17, 15) is 4.79 Å². The van der Waals surface area contributed by atoms with Gasteiger partial charge in [0.1, 0.15) is 5.76 Å². The maximum Gasteiger partial charge on any atom is 0.276 e. The third-order valence-corrected chi connectivity index (χ3v) is 5.14. The van der Waals surface area contributed by atoms with Crippen LogP contribution in [-0.2, 0) is 0 Å². The summed E-state index contributed by atoms with van der Waals surface area (Å²) in [4.78, 5) is 21.9. The molecule has 0 aliphatic carbocycles. The lowest BCUT2D eigenvalue weighted by atomic mass is 9.99. The molecule has 2 aliphatic heterocycles. The number of piperazine rings is 1. The van der Waals surface area contributed by atoms with Crippen LogP contribution in [-0.4, -0.2) is 52.9 Å². The fourth-order valence-electron chi connectivity index (χ4n) is 3.79. The second-order valence-corrected chi connectivity index (χ2v) is 6.73. The number of fused-ring (bicyclic) bond motifs is 1. The summed E-state index contributed by atoms with van der Waals surface area (Å²) in [5.74, 6) is 1.13. The fourth-order valence-corrected chi connectivity index (χ4v) is 3.79. The average molecular weight is 325 g/mol. The monoisotopic (exact) mass is 325 g/mol. The van der Waals surface area contributed by atoms with E-state index in [0.717, 1.165) is 25.2 Å². The Morgan fingerprint density at radius 2 is 2.00 bits per heavy atom. The predicted octanol–water partition coefficient (Wildman–Crippen LogP) is 2.96. The first kappa shape index (κ1) is 15.4. The minimum Gasteiger partial charge on any atom is -0.441 e. The quantitative estimate of drug-likeness (QED) is 0.852. The number of nitrogens with zero attached hydrogens (tertiary/aromatic N) is 3. The van der Waals surface area contributed by atoms with E-state index in [0.29, 0.717) is 23.4 Å². The largest absolute Gasteiger partial charge is 0.441 e. The van der Waals surface area contributed by atoms with Gasteiger partial charge in [0.2, 0.25) is 5.89 Å². The normalized spacial score (nSPS) is 21.5. The molecule has 4 rings (SSSR count). The lowest BCUT2D eigenvalue weighted by Gasteiger charge is -2.43. The lowest BCUT2D eigenvalue weighted by Crippen LogP contribution is -2.56. The summed E-state index contributed by atoms with van der Waals surface area (Å²) in [5, 5.41) is 0. The van der Waals surface area contributed by atoms with E-state index in [4.69, 9.17) is 4.42 Å². The molecule has 1 atom stereocenters. The van der Waals surface area contributed by atoms with Gasteiger partial charge in [-0.3, -0.25) is 9.69 Å². The minimum atomic E-state index is 0.00338. The van der Waals surface area contributed by atoms with Gasteiger partial charge in [-0.1, -0.05) is 24.6 Å². The van der Waals surface area contributed by atoms with Crippen molar-refractivity contribution in [1.82, 2.24) is 14.8 Å². The van der Waals surface area contributed by atoms with Crippen molar-refractivity contribution in [3.05, 3.63) is 41.8 Å². The second kappa shape index (κ2) is 6.40. The maximum absolute atomic E-state index is 12.9. The van der Waals surface area contributed by atoms with Crippen LogP contribution in [0.4, 0.5) is 0 Å². The van der Waals surface area contributed by atoms with E-state index in [1.54, 1.807) is 0 Å². The van der Waals surface area contributed by atoms with Gasteiger partial charge in [-0.25, -0.2) is 4.98 Å². The first-order chi connectivity index (χ1) is 11.7. The predicted molar refractivity (Wildman–Crippen MR) is 91.8 cm³/mol. The van der Waals surface area contributed by atoms with Crippen LogP contribution in [0.5, 0.6) is 0 Å². The number of carbonyl (C=O) groups is 1. The van der Waals surface area contributed by atoms with Crippen LogP contribution in [0.15, 0.2) is 34.7 Å². The van der Waals surface area contributed by atoms with Crippen LogP contribution in [0.1, 0.15) is 35.5 Å². The van der Waals surface area contributed by atoms with Crippen molar-refractivity contribution >= 4 is 5.91 Å². The molecule has 3 heterocycles. The zero-order valence-corrected chi connectivity index (χ0v) is 14.1. The highest BCUT2D eigenvalue weighted by molar-refractivity contribution is 5.93. The van der Waals surface area contributed by atoms with E-state index in [2.05, 4.69) is 9.88 Å². The molecule has 2 aliphatic rings. The lowest BCUT2D eigenvalue weighted by molar-refractivity contribution is 0.0367. The van der Waals surface area contributed by atoms with Gasteiger partial charge in [0.25, 0.3) is 5.91 Å². The van der Waals surface area contributed by atoms with Crippen molar-refractivity contribution < 1.29 is 9.21 Å². The second-order valence-electron chi connectivity index (χ2n) is 6.73. The van der Waals surface area contributed by atoms with Gasteiger partial charge in [-0.2, -0.15) is 0 Å². The number of rotatable bonds is 2. The highest BCUT2D eigenvalue weighted by Crippen LogP contribution is 2.25. The van der Waals surface area contributed by atoms with Gasteiger partial charge in [-0.05, 0) is 38.4 Å². The molecule has 0 spiro atoms. The highest BCUT2D eigenvalue weighted by Gasteiger charge is 2.33. The summed E-state index contributed by atoms with van der Waals surface area (Å²) in [5.41, 5.74) is 1.36. The van der Waals surface area contributed by atoms with Crippen LogP contribution >= 0.6 is 0 Å². The van der Waals surface area contributed by atoms with Crippen LogP contribution in [0.25, 0.3) is 11.5 Å². The molecule has 24 heavy (non-hydrogen) atoms. The molecule has 1 unspecified atom stereocenters. The summed E-state index contributed by atoms with van der Waals surface area (Å²) in [6.07, 6.45) is 3.74. The first-order valence-corrected chi connectivity index (χ1v) is 8.78. The van der Waals surface area contributed by atoms with Crippen molar-refractivity contribution in [3.63, 3.8) is 0 Å². The molecule has 0 N–H and O–H groups in total. The Morgan fingerprint density at radius 3 is 2.83 bits per heavy atom. The topological polar surface area (TPSA) is 49.6 Å². The maximum atomic E-state index is 12.9. The van der Waals surface area contributed by atoms with Crippen molar-refractivity contribution in [2.45, 2.75) is 32.2 Å². The molecule has 5 heteroatoms. The molecule has 0 radical (unpaired) electrons. The molecule has 0 saturated carbocycles. The number of benzene rings is 1. The summed E-state index contributed by atoms with van der Waals surface area (Å²) >= 11 is 0. The van der Waals surface area contributed by atoms with Crippen molar-refractivity contribution in [2.24, 2.45) is 0 Å². The number of aryl methyl sites for hydroxylation is 1. The summed E-state index contributed by atoms with van der Waals surface area (Å²) in [7, 11) is 0. The Hall–Kier alpha value is -2.14. The highest BCUT2D eigenvalue weighted by atomic mass is 16.4. The number of amides is 1. The van der Waals surface area contributed by atoms with Crippen LogP contribution in [0, 0.1) is 6.92 Å². The number of oxazole rings is 1. The van der Waals surface area contributed by atoms with E-state index in [1.807, 2.05) is 42.2 Å². The van der Waals surface area contributed by atoms with E-state index >= 15 is 0 Å². The van der Waals surface area contributed by atoms with Crippen LogP contribution < -0.4 is 0 Å². The number of piperidine rings is 1. The molecule has 5 nitrogen and oxygen atoms in total. The summed E-state index contributed by atoms with van der Waals surface area (Å²) in [6, 6.07) is 10.2. The Morgan fingerprint density at radius 1 is 1.17 bits per heavy atom. The number of hydrogen-bond donors (Lipinski definition) is 0. The number of aromatic nitrogens is 1. The van der Waals surface area contributed by atoms with Gasteiger partial charge in [-0.15, -0.1) is 0 Å². The standard InChI is InChI=1S/C19H23N3O2/c1-14-17(20-18(24-14)15-7-3-2-4-8-15)19(23)22-12-11-21-10-6-5-9-16(21)13-22/h2-4,7-8,16H,5-6,9-13H2,1H3. The first-order valence-electron chi connectivity index (χ1n) is 8.78. The molecule has 126 valence electrons. The zero-order chi connectivity index (χ0) is 16.5. The van der Waals surface area contributed by atoms with E-state index in [1.165, 1.54) is 25.8 Å². The van der Waals surface area contributed by atoms with Crippen molar-refractivity contribution in [1.29, 1.82) is 0 Å². The molecule has 2 saturated heterocycles. The fraction of sp³-hybridized carbons (Fsp3) is 0.474. The van der Waals surface area contributed by atoms with Crippen LogP contribution in [0.3, 0.4) is 0 Å². The minimum absolute atomic E-state index is 0.00338. The molecule has 1 aromatic carbocycles. The molecule has 1 aromatic heterocycles. The van der Waals surface area contributed by atoms with Crippen LogP contribution in [0.2, 0.25) is 0 Å². The Bertz CT molecular complexity index is 725. The van der Waals surface area contributed by atoms with E-state index < -0.39 is 0 Å². The Kier molecular flexibility index (Phi) is 4.10. The van der Waals surface area contributed by atoms with Gasteiger partial charge in [0.15, 0.2) is 5.69 Å². The summed E-state index contributed by atoms with van der Waals surface area (Å²) < 4.78 is 5.75. The summed E-state index contributed by atoms with van der Waals surface area (Å²) in [6.45, 7) is 5.56. The number of carbonyl (C=O) groups excluding carboxylic acids is 1. The van der Waals surface area contributed by atoms with Gasteiger partial charge in [0, 0.05) is 31.2 Å². The molecule has 2 fully saturated rings.